The Morgan fingerprint density at radius 3 is 2.89 bits per heavy atom. The van der Waals surface area contributed by atoms with Gasteiger partial charge in [-0.2, -0.15) is 0 Å². The van der Waals surface area contributed by atoms with Crippen LogP contribution in [0.3, 0.4) is 0 Å². The Kier molecular flexibility index (Phi) is 4.79. The molecule has 0 saturated heterocycles. The largest absolute Gasteiger partial charge is 0.417 e. The van der Waals surface area contributed by atoms with Crippen LogP contribution in [0, 0.1) is 0 Å². The molecule has 6 nitrogen and oxygen atoms in total. The maximum absolute atomic E-state index is 11.3. The predicted molar refractivity (Wildman–Crippen MR) is 109 cm³/mol. The fourth-order valence-electron chi connectivity index (χ4n) is 2.97. The summed E-state index contributed by atoms with van der Waals surface area (Å²) in [6.45, 7) is 2.77. The Balaban J connectivity index is 1.43. The van der Waals surface area contributed by atoms with E-state index in [1.54, 1.807) is 11.3 Å². The minimum atomic E-state index is -0.449. The maximum atomic E-state index is 11.3. The predicted octanol–water partition coefficient (Wildman–Crippen LogP) is 3.79. The van der Waals surface area contributed by atoms with Gasteiger partial charge in [-0.25, -0.2) is 9.78 Å². The number of nitrogens with two attached hydrogens (primary N) is 1. The summed E-state index contributed by atoms with van der Waals surface area (Å²) in [4.78, 5) is 19.4. The van der Waals surface area contributed by atoms with Crippen molar-refractivity contribution in [1.29, 1.82) is 0 Å². The number of hydrogen-bond acceptors (Lipinski definition) is 6. The Morgan fingerprint density at radius 1 is 1.26 bits per heavy atom. The van der Waals surface area contributed by atoms with Gasteiger partial charge in [-0.1, -0.05) is 54.7 Å². The lowest BCUT2D eigenvalue weighted by Crippen LogP contribution is -2.34. The van der Waals surface area contributed by atoms with Gasteiger partial charge >= 0.3 is 5.76 Å². The average molecular weight is 380 g/mol. The minimum Gasteiger partial charge on any atom is -0.408 e. The highest BCUT2D eigenvalue weighted by Crippen LogP contribution is 2.30. The molecule has 0 aliphatic heterocycles. The van der Waals surface area contributed by atoms with Crippen LogP contribution in [0.2, 0.25) is 0 Å². The molecule has 2 heterocycles. The smallest absolute Gasteiger partial charge is 0.408 e. The number of aromatic amines is 1. The van der Waals surface area contributed by atoms with E-state index >= 15 is 0 Å². The van der Waals surface area contributed by atoms with Crippen molar-refractivity contribution in [2.75, 3.05) is 11.9 Å². The van der Waals surface area contributed by atoms with Crippen LogP contribution in [0.4, 0.5) is 5.13 Å². The zero-order chi connectivity index (χ0) is 18.8. The van der Waals surface area contributed by atoms with Crippen LogP contribution in [0.1, 0.15) is 18.4 Å². The van der Waals surface area contributed by atoms with Crippen molar-refractivity contribution in [1.82, 2.24) is 9.97 Å². The zero-order valence-corrected chi connectivity index (χ0v) is 15.6. The fourth-order valence-corrected chi connectivity index (χ4v) is 3.79. The highest BCUT2D eigenvalue weighted by atomic mass is 32.1. The highest BCUT2D eigenvalue weighted by Gasteiger charge is 2.15. The van der Waals surface area contributed by atoms with Crippen LogP contribution < -0.4 is 16.8 Å². The maximum Gasteiger partial charge on any atom is 0.417 e. The van der Waals surface area contributed by atoms with E-state index in [1.165, 1.54) is 5.56 Å². The Labute approximate surface area is 160 Å². The molecule has 4 rings (SSSR count). The first-order chi connectivity index (χ1) is 13.1. The van der Waals surface area contributed by atoms with Crippen LogP contribution in [-0.4, -0.2) is 22.6 Å². The lowest BCUT2D eigenvalue weighted by molar-refractivity contribution is 0.555. The molecule has 0 unspecified atom stereocenters. The van der Waals surface area contributed by atoms with E-state index in [0.29, 0.717) is 17.6 Å². The van der Waals surface area contributed by atoms with Crippen molar-refractivity contribution < 1.29 is 4.42 Å². The first-order valence-electron chi connectivity index (χ1n) is 8.73. The second-order valence-electron chi connectivity index (χ2n) is 6.50. The van der Waals surface area contributed by atoms with Gasteiger partial charge in [0.25, 0.3) is 0 Å². The van der Waals surface area contributed by atoms with E-state index in [-0.39, 0.29) is 12.0 Å². The molecule has 0 aliphatic carbocycles. The first kappa shape index (κ1) is 17.5. The van der Waals surface area contributed by atoms with Crippen LogP contribution >= 0.6 is 11.3 Å². The summed E-state index contributed by atoms with van der Waals surface area (Å²) in [6.07, 6.45) is 1.81. The summed E-state index contributed by atoms with van der Waals surface area (Å²) in [7, 11) is 0. The minimum absolute atomic E-state index is 0.0229. The summed E-state index contributed by atoms with van der Waals surface area (Å²) in [5.41, 5.74) is 9.76. The molecule has 2 aromatic heterocycles. The van der Waals surface area contributed by atoms with Crippen molar-refractivity contribution in [3.05, 3.63) is 70.8 Å². The summed E-state index contributed by atoms with van der Waals surface area (Å²) in [5, 5.41) is 4.15. The summed E-state index contributed by atoms with van der Waals surface area (Å²) in [6, 6.07) is 15.9. The normalized spacial score (nSPS) is 13.6. The topological polar surface area (TPSA) is 96.9 Å². The summed E-state index contributed by atoms with van der Waals surface area (Å²) < 4.78 is 5.13. The van der Waals surface area contributed by atoms with Gasteiger partial charge in [0.1, 0.15) is 0 Å². The van der Waals surface area contributed by atoms with Gasteiger partial charge in [0.15, 0.2) is 10.7 Å². The number of hydrogen-bond donors (Lipinski definition) is 3. The van der Waals surface area contributed by atoms with Gasteiger partial charge in [0.05, 0.1) is 10.4 Å². The molecule has 0 radical (unpaired) electrons. The van der Waals surface area contributed by atoms with Crippen molar-refractivity contribution >= 4 is 27.6 Å². The van der Waals surface area contributed by atoms with Crippen LogP contribution in [-0.2, 0) is 0 Å². The molecule has 7 heteroatoms. The van der Waals surface area contributed by atoms with Gasteiger partial charge in [0, 0.05) is 18.8 Å². The van der Waals surface area contributed by atoms with Crippen molar-refractivity contribution in [2.45, 2.75) is 18.9 Å². The third kappa shape index (κ3) is 3.79. The second kappa shape index (κ2) is 7.38. The number of aromatic nitrogens is 2. The molecule has 0 aliphatic rings. The van der Waals surface area contributed by atoms with Crippen molar-refractivity contribution in [3.63, 3.8) is 0 Å². The van der Waals surface area contributed by atoms with E-state index in [4.69, 9.17) is 10.2 Å². The quantitative estimate of drug-likeness (QED) is 0.473. The zero-order valence-electron chi connectivity index (χ0n) is 14.8. The monoisotopic (exact) mass is 380 g/mol. The molecular weight excluding hydrogens is 360 g/mol. The molecule has 0 amide bonds. The van der Waals surface area contributed by atoms with E-state index in [2.05, 4.69) is 34.3 Å². The van der Waals surface area contributed by atoms with Gasteiger partial charge in [0.2, 0.25) is 0 Å². The standard InChI is InChI=1S/C20H20N4O2S/c1-12(13-5-3-2-4-6-13)15(21)10-22-19-23-11-18(27-19)14-7-8-16-17(9-14)26-20(25)24-16/h2-9,11-12,15H,10,21H2,1H3,(H,22,23)(H,24,25)/t12-,15+/m0/s1. The molecule has 0 bridgehead atoms. The van der Waals surface area contributed by atoms with E-state index in [0.717, 1.165) is 15.6 Å². The third-order valence-corrected chi connectivity index (χ3v) is 5.67. The van der Waals surface area contributed by atoms with Gasteiger partial charge < -0.3 is 15.5 Å². The van der Waals surface area contributed by atoms with Crippen molar-refractivity contribution in [3.8, 4) is 10.4 Å². The number of fused-ring (bicyclic) bond motifs is 1. The molecule has 138 valence electrons. The molecule has 0 fully saturated rings. The molecule has 0 saturated carbocycles. The molecule has 4 N–H and O–H groups in total. The average Bonchev–Trinajstić information content (AvgIpc) is 3.31. The first-order valence-corrected chi connectivity index (χ1v) is 9.55. The Hall–Kier alpha value is -2.90. The molecule has 0 spiro atoms. The van der Waals surface area contributed by atoms with Crippen molar-refractivity contribution in [2.24, 2.45) is 5.73 Å². The molecule has 2 aromatic carbocycles. The molecule has 4 aromatic rings. The molecule has 2 atom stereocenters. The third-order valence-electron chi connectivity index (χ3n) is 4.67. The van der Waals surface area contributed by atoms with E-state index in [9.17, 15) is 4.79 Å². The number of nitrogens with one attached hydrogen (secondary N) is 2. The number of anilines is 1. The van der Waals surface area contributed by atoms with Gasteiger partial charge in [-0.15, -0.1) is 0 Å². The van der Waals surface area contributed by atoms with E-state index < -0.39 is 5.76 Å². The van der Waals surface area contributed by atoms with E-state index in [1.807, 2.05) is 42.6 Å². The van der Waals surface area contributed by atoms with Crippen LogP contribution in [0.25, 0.3) is 21.5 Å². The number of H-pyrrole nitrogens is 1. The number of oxazole rings is 1. The SMILES string of the molecule is C[C@@H](c1ccccc1)[C@H](N)CNc1ncc(-c2ccc3[nH]c(=O)oc3c2)s1. The summed E-state index contributed by atoms with van der Waals surface area (Å²) >= 11 is 1.54. The number of thiazole rings is 1. The lowest BCUT2D eigenvalue weighted by atomic mass is 9.94. The number of benzene rings is 2. The van der Waals surface area contributed by atoms with Gasteiger partial charge in [-0.3, -0.25) is 4.98 Å². The van der Waals surface area contributed by atoms with Gasteiger partial charge in [-0.05, 0) is 29.2 Å². The fraction of sp³-hybridized carbons (Fsp3) is 0.200. The molecule has 27 heavy (non-hydrogen) atoms. The number of nitrogens with zero attached hydrogens (tertiary/aromatic N) is 1. The lowest BCUT2D eigenvalue weighted by Gasteiger charge is -2.20. The Morgan fingerprint density at radius 2 is 2.07 bits per heavy atom. The summed E-state index contributed by atoms with van der Waals surface area (Å²) in [5.74, 6) is -0.202. The van der Waals surface area contributed by atoms with Crippen LogP contribution in [0.15, 0.2) is 63.9 Å². The molecular formula is C20H20N4O2S. The second-order valence-corrected chi connectivity index (χ2v) is 7.53. The van der Waals surface area contributed by atoms with Crippen LogP contribution in [0.5, 0.6) is 0 Å². The Bertz CT molecular complexity index is 1100. The number of rotatable bonds is 6. The highest BCUT2D eigenvalue weighted by molar-refractivity contribution is 7.18.